The molecule has 1 heterocycles. The molecule has 0 aliphatic rings. The third kappa shape index (κ3) is 3.98. The number of carbonyl (C=O) groups excluding carboxylic acids is 1. The highest BCUT2D eigenvalue weighted by Crippen LogP contribution is 2.28. The van der Waals surface area contributed by atoms with Gasteiger partial charge in [-0.25, -0.2) is 8.42 Å². The molecule has 1 unspecified atom stereocenters. The Kier molecular flexibility index (Phi) is 4.52. The van der Waals surface area contributed by atoms with Crippen molar-refractivity contribution in [2.45, 2.75) is 24.7 Å². The van der Waals surface area contributed by atoms with Crippen molar-refractivity contribution in [1.82, 2.24) is 0 Å². The molecule has 7 heteroatoms. The molecule has 0 saturated heterocycles. The van der Waals surface area contributed by atoms with E-state index >= 15 is 0 Å². The van der Waals surface area contributed by atoms with E-state index in [9.17, 15) is 13.2 Å². The van der Waals surface area contributed by atoms with Gasteiger partial charge < -0.3 is 14.9 Å². The van der Waals surface area contributed by atoms with Gasteiger partial charge in [0, 0.05) is 12.7 Å². The van der Waals surface area contributed by atoms with Crippen LogP contribution in [-0.4, -0.2) is 26.0 Å². The zero-order valence-corrected chi connectivity index (χ0v) is 12.4. The van der Waals surface area contributed by atoms with Gasteiger partial charge in [-0.05, 0) is 31.0 Å². The Labute approximate surface area is 122 Å². The van der Waals surface area contributed by atoms with E-state index < -0.39 is 21.2 Å². The summed E-state index contributed by atoms with van der Waals surface area (Å²) in [5.41, 5.74) is 4.66. The van der Waals surface area contributed by atoms with Crippen LogP contribution < -0.4 is 10.5 Å². The molecule has 1 amide bonds. The first-order chi connectivity index (χ1) is 9.88. The van der Waals surface area contributed by atoms with Crippen molar-refractivity contribution in [2.24, 2.45) is 5.73 Å². The first-order valence-corrected chi connectivity index (χ1v) is 8.43. The third-order valence-corrected chi connectivity index (χ3v) is 4.34. The van der Waals surface area contributed by atoms with Crippen LogP contribution in [0.5, 0.6) is 5.75 Å². The number of hydrogen-bond donors (Lipinski definition) is 1. The zero-order chi connectivity index (χ0) is 15.5. The summed E-state index contributed by atoms with van der Waals surface area (Å²) < 4.78 is 34.5. The number of primary amides is 1. The predicted molar refractivity (Wildman–Crippen MR) is 78.5 cm³/mol. The molecule has 0 fully saturated rings. The Morgan fingerprint density at radius 3 is 2.81 bits per heavy atom. The molecule has 0 aliphatic carbocycles. The van der Waals surface area contributed by atoms with Gasteiger partial charge in [-0.3, -0.25) is 4.79 Å². The molecule has 0 saturated carbocycles. The Hall–Kier alpha value is -2.02. The van der Waals surface area contributed by atoms with Crippen molar-refractivity contribution in [2.75, 3.05) is 6.26 Å². The second kappa shape index (κ2) is 6.17. The maximum absolute atomic E-state index is 11.8. The molecule has 0 spiro atoms. The van der Waals surface area contributed by atoms with E-state index in [4.69, 9.17) is 14.9 Å². The molecular formula is C14H17NO5S. The SMILES string of the molecule is CS(=O)(=O)C(CCCC(N)=O)Oc1cccc2occc12. The summed E-state index contributed by atoms with van der Waals surface area (Å²) in [7, 11) is -3.42. The molecule has 2 N–H and O–H groups in total. The normalized spacial score (nSPS) is 13.2. The molecule has 1 aromatic carbocycles. The molecule has 2 aromatic rings. The fourth-order valence-electron chi connectivity index (χ4n) is 2.01. The van der Waals surface area contributed by atoms with Gasteiger partial charge in [0.25, 0.3) is 0 Å². The Balaban J connectivity index is 2.18. The van der Waals surface area contributed by atoms with Crippen LogP contribution in [0.25, 0.3) is 11.0 Å². The van der Waals surface area contributed by atoms with Crippen molar-refractivity contribution in [3.8, 4) is 5.75 Å². The van der Waals surface area contributed by atoms with Crippen LogP contribution in [0.15, 0.2) is 34.9 Å². The molecule has 2 rings (SSSR count). The topological polar surface area (TPSA) is 99.6 Å². The molecular weight excluding hydrogens is 294 g/mol. The number of benzene rings is 1. The molecule has 0 bridgehead atoms. The summed E-state index contributed by atoms with van der Waals surface area (Å²) in [4.78, 5) is 10.7. The molecule has 21 heavy (non-hydrogen) atoms. The molecule has 1 aromatic heterocycles. The Bertz CT molecular complexity index is 735. The van der Waals surface area contributed by atoms with Crippen LogP contribution in [0.4, 0.5) is 0 Å². The van der Waals surface area contributed by atoms with E-state index in [0.29, 0.717) is 23.1 Å². The zero-order valence-electron chi connectivity index (χ0n) is 11.6. The fourth-order valence-corrected chi connectivity index (χ4v) is 2.89. The highest BCUT2D eigenvalue weighted by molar-refractivity contribution is 7.91. The number of ether oxygens (including phenoxy) is 1. The van der Waals surface area contributed by atoms with Crippen LogP contribution in [0.1, 0.15) is 19.3 Å². The summed E-state index contributed by atoms with van der Waals surface area (Å²) in [6.45, 7) is 0. The van der Waals surface area contributed by atoms with Gasteiger partial charge in [0.05, 0.1) is 11.6 Å². The van der Waals surface area contributed by atoms with Crippen molar-refractivity contribution in [3.63, 3.8) is 0 Å². The standard InChI is InChI=1S/C14H17NO5S/c1-21(17,18)14(7-3-6-13(15)16)20-12-5-2-4-11-10(12)8-9-19-11/h2,4-5,8-9,14H,3,6-7H2,1H3,(H2,15,16). The molecule has 114 valence electrons. The fraction of sp³-hybridized carbons (Fsp3) is 0.357. The number of fused-ring (bicyclic) bond motifs is 1. The predicted octanol–water partition coefficient (Wildman–Crippen LogP) is 1.84. The maximum Gasteiger partial charge on any atom is 0.217 e. The minimum Gasteiger partial charge on any atom is -0.474 e. The number of furan rings is 1. The average molecular weight is 311 g/mol. The number of hydrogen-bond acceptors (Lipinski definition) is 5. The van der Waals surface area contributed by atoms with Gasteiger partial charge in [-0.15, -0.1) is 0 Å². The van der Waals surface area contributed by atoms with E-state index in [1.807, 2.05) is 0 Å². The smallest absolute Gasteiger partial charge is 0.217 e. The van der Waals surface area contributed by atoms with Crippen LogP contribution >= 0.6 is 0 Å². The summed E-state index contributed by atoms with van der Waals surface area (Å²) in [5, 5.41) is 0.709. The van der Waals surface area contributed by atoms with Crippen molar-refractivity contribution >= 4 is 26.7 Å². The summed E-state index contributed by atoms with van der Waals surface area (Å²) >= 11 is 0. The lowest BCUT2D eigenvalue weighted by atomic mass is 10.2. The lowest BCUT2D eigenvalue weighted by molar-refractivity contribution is -0.118. The van der Waals surface area contributed by atoms with Crippen LogP contribution in [-0.2, 0) is 14.6 Å². The van der Waals surface area contributed by atoms with E-state index in [1.165, 1.54) is 6.26 Å². The summed E-state index contributed by atoms with van der Waals surface area (Å²) in [6.07, 6.45) is 3.31. The van der Waals surface area contributed by atoms with Crippen LogP contribution in [0.3, 0.4) is 0 Å². The van der Waals surface area contributed by atoms with Gasteiger partial charge >= 0.3 is 0 Å². The number of sulfone groups is 1. The largest absolute Gasteiger partial charge is 0.474 e. The number of amides is 1. The van der Waals surface area contributed by atoms with Crippen molar-refractivity contribution in [3.05, 3.63) is 30.5 Å². The number of carbonyl (C=O) groups is 1. The van der Waals surface area contributed by atoms with Crippen LogP contribution in [0, 0.1) is 0 Å². The van der Waals surface area contributed by atoms with E-state index in [0.717, 1.165) is 6.26 Å². The molecule has 1 atom stereocenters. The van der Waals surface area contributed by atoms with Crippen molar-refractivity contribution in [1.29, 1.82) is 0 Å². The van der Waals surface area contributed by atoms with E-state index in [1.54, 1.807) is 24.3 Å². The van der Waals surface area contributed by atoms with Gasteiger partial charge in [-0.2, -0.15) is 0 Å². The quantitative estimate of drug-likeness (QED) is 0.841. The lowest BCUT2D eigenvalue weighted by Crippen LogP contribution is -2.27. The summed E-state index contributed by atoms with van der Waals surface area (Å²) in [6, 6.07) is 6.90. The highest BCUT2D eigenvalue weighted by atomic mass is 32.2. The van der Waals surface area contributed by atoms with Gasteiger partial charge in [0.2, 0.25) is 5.91 Å². The second-order valence-electron chi connectivity index (χ2n) is 4.82. The molecule has 6 nitrogen and oxygen atoms in total. The van der Waals surface area contributed by atoms with Crippen molar-refractivity contribution < 1.29 is 22.4 Å². The Morgan fingerprint density at radius 1 is 1.38 bits per heavy atom. The first-order valence-electron chi connectivity index (χ1n) is 6.48. The minimum atomic E-state index is -3.42. The average Bonchev–Trinajstić information content (AvgIpc) is 2.85. The second-order valence-corrected chi connectivity index (χ2v) is 7.01. The van der Waals surface area contributed by atoms with E-state index in [2.05, 4.69) is 0 Å². The molecule has 0 radical (unpaired) electrons. The lowest BCUT2D eigenvalue weighted by Gasteiger charge is -2.17. The Morgan fingerprint density at radius 2 is 2.14 bits per heavy atom. The maximum atomic E-state index is 11.8. The number of nitrogens with two attached hydrogens (primary N) is 1. The number of rotatable bonds is 7. The highest BCUT2D eigenvalue weighted by Gasteiger charge is 2.23. The minimum absolute atomic E-state index is 0.130. The monoisotopic (exact) mass is 311 g/mol. The third-order valence-electron chi connectivity index (χ3n) is 3.05. The molecule has 0 aliphatic heterocycles. The van der Waals surface area contributed by atoms with Gasteiger partial charge in [0.1, 0.15) is 11.3 Å². The first kappa shape index (κ1) is 15.4. The van der Waals surface area contributed by atoms with Gasteiger partial charge in [0.15, 0.2) is 15.3 Å². The van der Waals surface area contributed by atoms with Crippen LogP contribution in [0.2, 0.25) is 0 Å². The van der Waals surface area contributed by atoms with Gasteiger partial charge in [-0.1, -0.05) is 6.07 Å². The van der Waals surface area contributed by atoms with E-state index in [-0.39, 0.29) is 12.8 Å². The summed E-state index contributed by atoms with van der Waals surface area (Å²) in [5.74, 6) is -0.0186.